The van der Waals surface area contributed by atoms with E-state index in [1.807, 2.05) is 0 Å². The highest BCUT2D eigenvalue weighted by molar-refractivity contribution is 5.76. The van der Waals surface area contributed by atoms with Crippen LogP contribution < -0.4 is 10.6 Å². The lowest BCUT2D eigenvalue weighted by Crippen LogP contribution is -2.43. The van der Waals surface area contributed by atoms with Crippen molar-refractivity contribution in [2.45, 2.75) is 59.9 Å². The summed E-state index contributed by atoms with van der Waals surface area (Å²) >= 11 is 0. The molecule has 0 spiro atoms. The van der Waals surface area contributed by atoms with Gasteiger partial charge in [0.05, 0.1) is 0 Å². The summed E-state index contributed by atoms with van der Waals surface area (Å²) in [6, 6.07) is 0.312. The van der Waals surface area contributed by atoms with Gasteiger partial charge in [-0.3, -0.25) is 4.79 Å². The van der Waals surface area contributed by atoms with E-state index in [1.165, 1.54) is 12.8 Å². The van der Waals surface area contributed by atoms with Gasteiger partial charge in [-0.15, -0.1) is 0 Å². The molecule has 1 fully saturated rings. The highest BCUT2D eigenvalue weighted by Crippen LogP contribution is 2.28. The van der Waals surface area contributed by atoms with Crippen LogP contribution in [0.1, 0.15) is 53.9 Å². The number of amides is 1. The second-order valence-corrected chi connectivity index (χ2v) is 6.91. The molecule has 0 radical (unpaired) electrons. The lowest BCUT2D eigenvalue weighted by Gasteiger charge is -2.31. The first kappa shape index (κ1) is 15.5. The van der Waals surface area contributed by atoms with Crippen molar-refractivity contribution in [1.82, 2.24) is 10.6 Å². The molecule has 18 heavy (non-hydrogen) atoms. The van der Waals surface area contributed by atoms with Gasteiger partial charge in [-0.25, -0.2) is 0 Å². The number of nitrogens with one attached hydrogen (secondary N) is 2. The van der Waals surface area contributed by atoms with Crippen molar-refractivity contribution in [3.05, 3.63) is 0 Å². The van der Waals surface area contributed by atoms with Gasteiger partial charge in [0.1, 0.15) is 0 Å². The zero-order valence-corrected chi connectivity index (χ0v) is 12.7. The Bertz CT molecular complexity index is 264. The smallest absolute Gasteiger partial charge is 0.220 e. The Morgan fingerprint density at radius 2 is 1.83 bits per heavy atom. The predicted octanol–water partition coefficient (Wildman–Crippen LogP) is 2.56. The molecule has 1 aliphatic rings. The third-order valence-electron chi connectivity index (χ3n) is 4.45. The molecular formula is C15H30N2O. The molecular weight excluding hydrogens is 224 g/mol. The molecule has 0 aromatic heterocycles. The highest BCUT2D eigenvalue weighted by atomic mass is 16.1. The molecule has 0 aromatic rings. The van der Waals surface area contributed by atoms with Gasteiger partial charge in [-0.2, -0.15) is 0 Å². The molecule has 2 atom stereocenters. The zero-order valence-electron chi connectivity index (χ0n) is 12.7. The van der Waals surface area contributed by atoms with Gasteiger partial charge in [0, 0.05) is 12.5 Å². The van der Waals surface area contributed by atoms with E-state index in [0.717, 1.165) is 13.1 Å². The van der Waals surface area contributed by atoms with Crippen molar-refractivity contribution in [3.63, 3.8) is 0 Å². The normalized spacial score (nSPS) is 21.4. The molecule has 2 unspecified atom stereocenters. The summed E-state index contributed by atoms with van der Waals surface area (Å²) in [5.41, 5.74) is 0.204. The fourth-order valence-corrected chi connectivity index (χ4v) is 2.36. The molecule has 2 N–H and O–H groups in total. The van der Waals surface area contributed by atoms with Gasteiger partial charge in [0.25, 0.3) is 0 Å². The van der Waals surface area contributed by atoms with Crippen LogP contribution in [0.2, 0.25) is 0 Å². The average Bonchev–Trinajstić information content (AvgIpc) is 2.28. The van der Waals surface area contributed by atoms with Crippen molar-refractivity contribution in [3.8, 4) is 0 Å². The van der Waals surface area contributed by atoms with E-state index >= 15 is 0 Å². The van der Waals surface area contributed by atoms with Crippen molar-refractivity contribution >= 4 is 5.91 Å². The number of carbonyl (C=O) groups is 1. The fourth-order valence-electron chi connectivity index (χ4n) is 2.36. The van der Waals surface area contributed by atoms with E-state index in [-0.39, 0.29) is 11.3 Å². The second-order valence-electron chi connectivity index (χ2n) is 6.91. The number of hydrogen-bond donors (Lipinski definition) is 2. The molecule has 1 rings (SSSR count). The van der Waals surface area contributed by atoms with Gasteiger partial charge in [0.15, 0.2) is 0 Å². The zero-order chi connectivity index (χ0) is 13.8. The van der Waals surface area contributed by atoms with E-state index in [1.54, 1.807) is 0 Å². The Morgan fingerprint density at radius 3 is 2.33 bits per heavy atom. The van der Waals surface area contributed by atoms with Gasteiger partial charge in [0.2, 0.25) is 5.91 Å². The summed E-state index contributed by atoms with van der Waals surface area (Å²) < 4.78 is 0. The largest absolute Gasteiger partial charge is 0.353 e. The van der Waals surface area contributed by atoms with Gasteiger partial charge in [-0.1, -0.05) is 27.7 Å². The SMILES string of the molecule is CC(NC(=O)CC(C)C(C)(C)C)C1CCNCC1. The maximum absolute atomic E-state index is 12.0. The van der Waals surface area contributed by atoms with Crippen LogP contribution >= 0.6 is 0 Å². The third kappa shape index (κ3) is 4.97. The number of piperidine rings is 1. The predicted molar refractivity (Wildman–Crippen MR) is 76.4 cm³/mol. The van der Waals surface area contributed by atoms with Crippen molar-refractivity contribution in [2.24, 2.45) is 17.3 Å². The minimum Gasteiger partial charge on any atom is -0.353 e. The summed E-state index contributed by atoms with van der Waals surface area (Å²) in [5, 5.41) is 6.55. The number of carbonyl (C=O) groups excluding carboxylic acids is 1. The van der Waals surface area contributed by atoms with Gasteiger partial charge < -0.3 is 10.6 Å². The van der Waals surface area contributed by atoms with Crippen LogP contribution in [0, 0.1) is 17.3 Å². The topological polar surface area (TPSA) is 41.1 Å². The van der Waals surface area contributed by atoms with E-state index in [2.05, 4.69) is 45.3 Å². The molecule has 106 valence electrons. The Morgan fingerprint density at radius 1 is 1.28 bits per heavy atom. The Hall–Kier alpha value is -0.570. The van der Waals surface area contributed by atoms with Crippen LogP contribution in [0.3, 0.4) is 0 Å². The van der Waals surface area contributed by atoms with Crippen molar-refractivity contribution in [1.29, 1.82) is 0 Å². The van der Waals surface area contributed by atoms with Crippen molar-refractivity contribution in [2.75, 3.05) is 13.1 Å². The first-order valence-corrected chi connectivity index (χ1v) is 7.30. The van der Waals surface area contributed by atoms with E-state index in [9.17, 15) is 4.79 Å². The lowest BCUT2D eigenvalue weighted by molar-refractivity contribution is -0.123. The van der Waals surface area contributed by atoms with Crippen molar-refractivity contribution < 1.29 is 4.79 Å². The van der Waals surface area contributed by atoms with Crippen LogP contribution in [0.25, 0.3) is 0 Å². The maximum Gasteiger partial charge on any atom is 0.220 e. The van der Waals surface area contributed by atoms with Crippen LogP contribution in [0.15, 0.2) is 0 Å². The molecule has 1 aliphatic heterocycles. The molecule has 3 heteroatoms. The third-order valence-corrected chi connectivity index (χ3v) is 4.45. The summed E-state index contributed by atoms with van der Waals surface area (Å²) in [6.07, 6.45) is 2.99. The standard InChI is InChI=1S/C15H30N2O/c1-11(15(3,4)5)10-14(18)17-12(2)13-6-8-16-9-7-13/h11-13,16H,6-10H2,1-5H3,(H,17,18). The van der Waals surface area contributed by atoms with Gasteiger partial charge >= 0.3 is 0 Å². The van der Waals surface area contributed by atoms with E-state index in [0.29, 0.717) is 24.3 Å². The second kappa shape index (κ2) is 6.55. The maximum atomic E-state index is 12.0. The molecule has 0 aliphatic carbocycles. The summed E-state index contributed by atoms with van der Waals surface area (Å²) in [4.78, 5) is 12.0. The fraction of sp³-hybridized carbons (Fsp3) is 0.933. The van der Waals surface area contributed by atoms with Gasteiger partial charge in [-0.05, 0) is 50.1 Å². The first-order valence-electron chi connectivity index (χ1n) is 7.30. The minimum absolute atomic E-state index is 0.204. The molecule has 1 amide bonds. The lowest BCUT2D eigenvalue weighted by atomic mass is 9.80. The van der Waals surface area contributed by atoms with Crippen LogP contribution in [-0.4, -0.2) is 25.0 Å². The molecule has 0 saturated carbocycles. The monoisotopic (exact) mass is 254 g/mol. The van der Waals surface area contributed by atoms with E-state index < -0.39 is 0 Å². The Kier molecular flexibility index (Phi) is 5.64. The van der Waals surface area contributed by atoms with Crippen LogP contribution in [-0.2, 0) is 4.79 Å². The summed E-state index contributed by atoms with van der Waals surface area (Å²) in [6.45, 7) is 13.1. The first-order chi connectivity index (χ1) is 8.30. The number of rotatable bonds is 4. The molecule has 0 aromatic carbocycles. The summed E-state index contributed by atoms with van der Waals surface area (Å²) in [7, 11) is 0. The Balaban J connectivity index is 2.35. The molecule has 1 saturated heterocycles. The highest BCUT2D eigenvalue weighted by Gasteiger charge is 2.25. The molecule has 1 heterocycles. The number of hydrogen-bond acceptors (Lipinski definition) is 2. The summed E-state index contributed by atoms with van der Waals surface area (Å²) in [5.74, 6) is 1.27. The Labute approximate surface area is 112 Å². The van der Waals surface area contributed by atoms with Crippen LogP contribution in [0.4, 0.5) is 0 Å². The quantitative estimate of drug-likeness (QED) is 0.809. The van der Waals surface area contributed by atoms with E-state index in [4.69, 9.17) is 0 Å². The molecule has 3 nitrogen and oxygen atoms in total. The minimum atomic E-state index is 0.204. The van der Waals surface area contributed by atoms with Crippen LogP contribution in [0.5, 0.6) is 0 Å². The molecule has 0 bridgehead atoms. The average molecular weight is 254 g/mol.